The summed E-state index contributed by atoms with van der Waals surface area (Å²) in [6, 6.07) is 14.4. The third kappa shape index (κ3) is 3.96. The second-order valence-corrected chi connectivity index (χ2v) is 7.26. The zero-order valence-corrected chi connectivity index (χ0v) is 16.1. The zero-order chi connectivity index (χ0) is 19.3. The van der Waals surface area contributed by atoms with Crippen molar-refractivity contribution >= 4 is 22.8 Å². The molecular weight excluding hydrogens is 352 g/mol. The van der Waals surface area contributed by atoms with Crippen LogP contribution in [0.4, 0.5) is 10.5 Å². The van der Waals surface area contributed by atoms with E-state index in [2.05, 4.69) is 27.4 Å². The van der Waals surface area contributed by atoms with Gasteiger partial charge < -0.3 is 15.0 Å². The average molecular weight is 378 g/mol. The normalized spacial score (nSPS) is 16.5. The van der Waals surface area contributed by atoms with E-state index in [4.69, 9.17) is 4.74 Å². The van der Waals surface area contributed by atoms with Crippen molar-refractivity contribution in [3.8, 4) is 5.75 Å². The lowest BCUT2D eigenvalue weighted by atomic mass is 10.0. The third-order valence-electron chi connectivity index (χ3n) is 5.42. The average Bonchev–Trinajstić information content (AvgIpc) is 3.34. The Morgan fingerprint density at radius 2 is 2.00 bits per heavy atom. The van der Waals surface area contributed by atoms with E-state index >= 15 is 0 Å². The van der Waals surface area contributed by atoms with Gasteiger partial charge in [0.15, 0.2) is 0 Å². The number of carbonyl (C=O) groups excluding carboxylic acids is 1. The SMILES string of the molecule is COc1ccc(CCCCCC2CNC(=O)N2c2ccc3nc[nH]c3c2)cc1. The lowest BCUT2D eigenvalue weighted by Crippen LogP contribution is -2.34. The number of urea groups is 1. The van der Waals surface area contributed by atoms with E-state index in [-0.39, 0.29) is 12.1 Å². The van der Waals surface area contributed by atoms with E-state index in [1.165, 1.54) is 5.56 Å². The van der Waals surface area contributed by atoms with Crippen molar-refractivity contribution in [2.45, 2.75) is 38.1 Å². The van der Waals surface area contributed by atoms with Crippen LogP contribution in [0.25, 0.3) is 11.0 Å². The fraction of sp³-hybridized carbons (Fsp3) is 0.364. The minimum atomic E-state index is -0.0119. The van der Waals surface area contributed by atoms with Crippen LogP contribution in [0.1, 0.15) is 31.2 Å². The Kier molecular flexibility index (Phi) is 5.46. The number of carbonyl (C=O) groups is 1. The summed E-state index contributed by atoms with van der Waals surface area (Å²) < 4.78 is 5.20. The van der Waals surface area contributed by atoms with Crippen LogP contribution in [0.3, 0.4) is 0 Å². The fourth-order valence-electron chi connectivity index (χ4n) is 3.86. The predicted molar refractivity (Wildman–Crippen MR) is 111 cm³/mol. The molecule has 1 atom stereocenters. The minimum absolute atomic E-state index is 0.0119. The zero-order valence-electron chi connectivity index (χ0n) is 16.1. The molecular formula is C22H26N4O2. The summed E-state index contributed by atoms with van der Waals surface area (Å²) in [7, 11) is 1.69. The number of methoxy groups -OCH3 is 1. The molecule has 0 saturated carbocycles. The molecule has 2 heterocycles. The number of H-pyrrole nitrogens is 1. The number of benzene rings is 2. The van der Waals surface area contributed by atoms with Crippen LogP contribution >= 0.6 is 0 Å². The first-order valence-corrected chi connectivity index (χ1v) is 9.88. The lowest BCUT2D eigenvalue weighted by Gasteiger charge is -2.23. The highest BCUT2D eigenvalue weighted by Crippen LogP contribution is 2.26. The summed E-state index contributed by atoms with van der Waals surface area (Å²) in [6.07, 6.45) is 7.18. The highest BCUT2D eigenvalue weighted by Gasteiger charge is 2.31. The van der Waals surface area contributed by atoms with Crippen molar-refractivity contribution in [1.29, 1.82) is 0 Å². The van der Waals surface area contributed by atoms with Gasteiger partial charge in [-0.2, -0.15) is 0 Å². The van der Waals surface area contributed by atoms with E-state index in [0.29, 0.717) is 6.54 Å². The van der Waals surface area contributed by atoms with Gasteiger partial charge in [0.2, 0.25) is 0 Å². The second kappa shape index (κ2) is 8.33. The van der Waals surface area contributed by atoms with Gasteiger partial charge in [-0.05, 0) is 55.2 Å². The smallest absolute Gasteiger partial charge is 0.322 e. The standard InChI is InChI=1S/C22H26N4O2/c1-28-19-10-7-16(8-11-19)5-3-2-4-6-18-14-23-22(27)26(18)17-9-12-20-21(13-17)25-15-24-20/h7-13,15,18H,2-6,14H2,1H3,(H,23,27)(H,24,25). The predicted octanol–water partition coefficient (Wildman–Crippen LogP) is 4.27. The number of fused-ring (bicyclic) bond motifs is 1. The van der Waals surface area contributed by atoms with Gasteiger partial charge in [-0.25, -0.2) is 9.78 Å². The van der Waals surface area contributed by atoms with Gasteiger partial charge in [0.25, 0.3) is 0 Å². The molecule has 1 aliphatic heterocycles. The highest BCUT2D eigenvalue weighted by atomic mass is 16.5. The number of hydrogen-bond acceptors (Lipinski definition) is 3. The molecule has 0 spiro atoms. The van der Waals surface area contributed by atoms with Gasteiger partial charge in [0.1, 0.15) is 5.75 Å². The molecule has 1 unspecified atom stereocenters. The largest absolute Gasteiger partial charge is 0.497 e. The molecule has 4 rings (SSSR count). The fourth-order valence-corrected chi connectivity index (χ4v) is 3.86. The molecule has 0 bridgehead atoms. The molecule has 146 valence electrons. The Balaban J connectivity index is 1.29. The number of unbranched alkanes of at least 4 members (excludes halogenated alkanes) is 2. The molecule has 0 radical (unpaired) electrons. The first kappa shape index (κ1) is 18.3. The summed E-state index contributed by atoms with van der Waals surface area (Å²) in [6.45, 7) is 0.707. The quantitative estimate of drug-likeness (QED) is 0.575. The van der Waals surface area contributed by atoms with Gasteiger partial charge in [-0.1, -0.05) is 25.0 Å². The van der Waals surface area contributed by atoms with Crippen LogP contribution < -0.4 is 15.0 Å². The van der Waals surface area contributed by atoms with Crippen molar-refractivity contribution in [3.05, 3.63) is 54.4 Å². The lowest BCUT2D eigenvalue weighted by molar-refractivity contribution is 0.251. The van der Waals surface area contributed by atoms with E-state index in [1.54, 1.807) is 13.4 Å². The number of imidazole rings is 1. The van der Waals surface area contributed by atoms with E-state index < -0.39 is 0 Å². The van der Waals surface area contributed by atoms with Gasteiger partial charge >= 0.3 is 6.03 Å². The molecule has 3 aromatic rings. The Morgan fingerprint density at radius 1 is 1.14 bits per heavy atom. The van der Waals surface area contributed by atoms with Crippen LogP contribution in [0.5, 0.6) is 5.75 Å². The second-order valence-electron chi connectivity index (χ2n) is 7.26. The number of aryl methyl sites for hydroxylation is 1. The summed E-state index contributed by atoms with van der Waals surface area (Å²) in [5.41, 5.74) is 4.14. The molecule has 6 nitrogen and oxygen atoms in total. The van der Waals surface area contributed by atoms with Crippen LogP contribution in [-0.2, 0) is 6.42 Å². The van der Waals surface area contributed by atoms with Gasteiger partial charge in [0, 0.05) is 12.2 Å². The number of amides is 2. The maximum absolute atomic E-state index is 12.4. The Hall–Kier alpha value is -3.02. The van der Waals surface area contributed by atoms with Crippen LogP contribution in [0.15, 0.2) is 48.8 Å². The van der Waals surface area contributed by atoms with Gasteiger partial charge in [-0.3, -0.25) is 4.90 Å². The van der Waals surface area contributed by atoms with Crippen LogP contribution in [-0.4, -0.2) is 35.7 Å². The van der Waals surface area contributed by atoms with Gasteiger partial charge in [0.05, 0.1) is 30.5 Å². The van der Waals surface area contributed by atoms with Crippen molar-refractivity contribution in [3.63, 3.8) is 0 Å². The molecule has 2 aromatic carbocycles. The molecule has 6 heteroatoms. The monoisotopic (exact) mass is 378 g/mol. The maximum Gasteiger partial charge on any atom is 0.322 e. The number of nitrogens with one attached hydrogen (secondary N) is 2. The number of aromatic nitrogens is 2. The van der Waals surface area contributed by atoms with E-state index in [0.717, 1.165) is 54.6 Å². The first-order valence-electron chi connectivity index (χ1n) is 9.88. The summed E-state index contributed by atoms with van der Waals surface area (Å²) in [5.74, 6) is 0.899. The number of aromatic amines is 1. The summed E-state index contributed by atoms with van der Waals surface area (Å²) in [5, 5.41) is 2.99. The Bertz CT molecular complexity index is 935. The van der Waals surface area contributed by atoms with Crippen LogP contribution in [0.2, 0.25) is 0 Å². The molecule has 1 saturated heterocycles. The molecule has 0 aliphatic carbocycles. The molecule has 2 amide bonds. The maximum atomic E-state index is 12.4. The molecule has 1 fully saturated rings. The van der Waals surface area contributed by atoms with Gasteiger partial charge in [-0.15, -0.1) is 0 Å². The number of hydrogen-bond donors (Lipinski definition) is 2. The molecule has 1 aliphatic rings. The number of rotatable bonds is 8. The molecule has 2 N–H and O–H groups in total. The Morgan fingerprint density at radius 3 is 2.82 bits per heavy atom. The van der Waals surface area contributed by atoms with Crippen LogP contribution in [0, 0.1) is 0 Å². The van der Waals surface area contributed by atoms with E-state index in [1.807, 2.05) is 35.2 Å². The van der Waals surface area contributed by atoms with Crippen molar-refractivity contribution < 1.29 is 9.53 Å². The van der Waals surface area contributed by atoms with Crippen molar-refractivity contribution in [2.75, 3.05) is 18.6 Å². The number of ether oxygens (including phenoxy) is 1. The van der Waals surface area contributed by atoms with E-state index in [9.17, 15) is 4.79 Å². The van der Waals surface area contributed by atoms with Crippen molar-refractivity contribution in [2.24, 2.45) is 0 Å². The summed E-state index contributed by atoms with van der Waals surface area (Å²) >= 11 is 0. The summed E-state index contributed by atoms with van der Waals surface area (Å²) in [4.78, 5) is 21.6. The Labute approximate surface area is 164 Å². The minimum Gasteiger partial charge on any atom is -0.497 e. The first-order chi connectivity index (χ1) is 13.7. The van der Waals surface area contributed by atoms with Crippen molar-refractivity contribution in [1.82, 2.24) is 15.3 Å². The molecule has 1 aromatic heterocycles. The third-order valence-corrected chi connectivity index (χ3v) is 5.42. The topological polar surface area (TPSA) is 70.2 Å². The number of nitrogens with zero attached hydrogens (tertiary/aromatic N) is 2. The highest BCUT2D eigenvalue weighted by molar-refractivity contribution is 5.96. The molecule has 28 heavy (non-hydrogen) atoms. The number of anilines is 1.